The number of piperazine rings is 1. The molecule has 1 aromatic rings. The molecule has 1 saturated heterocycles. The third-order valence-corrected chi connectivity index (χ3v) is 3.66. The van der Waals surface area contributed by atoms with Gasteiger partial charge in [0, 0.05) is 31.1 Å². The SMILES string of the molecule is O=CN1CCN(c2cccc(S)c2Cl)CC1. The van der Waals surface area contributed by atoms with Gasteiger partial charge in [-0.1, -0.05) is 17.7 Å². The van der Waals surface area contributed by atoms with E-state index in [1.54, 1.807) is 4.90 Å². The van der Waals surface area contributed by atoms with Gasteiger partial charge in [0.1, 0.15) is 0 Å². The number of nitrogens with zero attached hydrogens (tertiary/aromatic N) is 2. The van der Waals surface area contributed by atoms with E-state index in [0.29, 0.717) is 5.02 Å². The second-order valence-electron chi connectivity index (χ2n) is 3.74. The molecule has 2 rings (SSSR count). The molecule has 0 saturated carbocycles. The van der Waals surface area contributed by atoms with Crippen LogP contribution >= 0.6 is 24.2 Å². The lowest BCUT2D eigenvalue weighted by Gasteiger charge is -2.34. The van der Waals surface area contributed by atoms with Gasteiger partial charge in [0.2, 0.25) is 6.41 Å². The molecule has 0 radical (unpaired) electrons. The van der Waals surface area contributed by atoms with Gasteiger partial charge in [0.15, 0.2) is 0 Å². The van der Waals surface area contributed by atoms with E-state index in [1.807, 2.05) is 18.2 Å². The van der Waals surface area contributed by atoms with Gasteiger partial charge in [-0.2, -0.15) is 0 Å². The van der Waals surface area contributed by atoms with Crippen LogP contribution in [0.5, 0.6) is 0 Å². The van der Waals surface area contributed by atoms with Crippen LogP contribution in [0.3, 0.4) is 0 Å². The van der Waals surface area contributed by atoms with Crippen molar-refractivity contribution >= 4 is 36.3 Å². The average Bonchev–Trinajstić information content (AvgIpc) is 2.33. The van der Waals surface area contributed by atoms with E-state index >= 15 is 0 Å². The Morgan fingerprint density at radius 2 is 1.94 bits per heavy atom. The lowest BCUT2D eigenvalue weighted by atomic mass is 10.2. The molecule has 5 heteroatoms. The van der Waals surface area contributed by atoms with Gasteiger partial charge in [-0.3, -0.25) is 4.79 Å². The Morgan fingerprint density at radius 3 is 2.56 bits per heavy atom. The first-order chi connectivity index (χ1) is 7.72. The number of hydrogen-bond donors (Lipinski definition) is 1. The number of benzene rings is 1. The quantitative estimate of drug-likeness (QED) is 0.646. The lowest BCUT2D eigenvalue weighted by Crippen LogP contribution is -2.45. The van der Waals surface area contributed by atoms with E-state index < -0.39 is 0 Å². The van der Waals surface area contributed by atoms with Crippen molar-refractivity contribution in [3.05, 3.63) is 23.2 Å². The van der Waals surface area contributed by atoms with Crippen LogP contribution in [-0.4, -0.2) is 37.5 Å². The monoisotopic (exact) mass is 256 g/mol. The lowest BCUT2D eigenvalue weighted by molar-refractivity contribution is -0.118. The van der Waals surface area contributed by atoms with E-state index in [0.717, 1.165) is 43.2 Å². The van der Waals surface area contributed by atoms with Crippen molar-refractivity contribution in [3.63, 3.8) is 0 Å². The number of halogens is 1. The van der Waals surface area contributed by atoms with Crippen molar-refractivity contribution < 1.29 is 4.79 Å². The van der Waals surface area contributed by atoms with Gasteiger partial charge < -0.3 is 9.80 Å². The van der Waals surface area contributed by atoms with Crippen LogP contribution in [0.1, 0.15) is 0 Å². The minimum absolute atomic E-state index is 0.686. The zero-order valence-corrected chi connectivity index (χ0v) is 10.4. The van der Waals surface area contributed by atoms with Crippen LogP contribution in [-0.2, 0) is 4.79 Å². The summed E-state index contributed by atoms with van der Waals surface area (Å²) in [4.78, 5) is 15.3. The molecule has 1 aliphatic rings. The predicted molar refractivity (Wildman–Crippen MR) is 68.6 cm³/mol. The molecule has 0 unspecified atom stereocenters. The maximum absolute atomic E-state index is 10.6. The van der Waals surface area contributed by atoms with Crippen molar-refractivity contribution in [1.82, 2.24) is 4.90 Å². The van der Waals surface area contributed by atoms with Crippen molar-refractivity contribution in [3.8, 4) is 0 Å². The summed E-state index contributed by atoms with van der Waals surface area (Å²) in [5.74, 6) is 0. The number of carbonyl (C=O) groups excluding carboxylic acids is 1. The van der Waals surface area contributed by atoms with E-state index in [1.165, 1.54) is 0 Å². The van der Waals surface area contributed by atoms with Crippen LogP contribution in [0.2, 0.25) is 5.02 Å². The summed E-state index contributed by atoms with van der Waals surface area (Å²) in [5, 5.41) is 0.686. The van der Waals surface area contributed by atoms with Gasteiger partial charge in [-0.15, -0.1) is 12.6 Å². The fraction of sp³-hybridized carbons (Fsp3) is 0.364. The zero-order valence-electron chi connectivity index (χ0n) is 8.77. The Hall–Kier alpha value is -0.870. The van der Waals surface area contributed by atoms with Gasteiger partial charge in [0.05, 0.1) is 10.7 Å². The van der Waals surface area contributed by atoms with Crippen molar-refractivity contribution in [1.29, 1.82) is 0 Å². The number of hydrogen-bond acceptors (Lipinski definition) is 3. The molecule has 0 atom stereocenters. The molecule has 16 heavy (non-hydrogen) atoms. The second kappa shape index (κ2) is 4.97. The third kappa shape index (κ3) is 2.28. The summed E-state index contributed by atoms with van der Waals surface area (Å²) in [7, 11) is 0. The summed E-state index contributed by atoms with van der Waals surface area (Å²) in [6.45, 7) is 3.12. The number of thiol groups is 1. The summed E-state index contributed by atoms with van der Waals surface area (Å²) in [5.41, 5.74) is 1.000. The molecule has 1 amide bonds. The van der Waals surface area contributed by atoms with Crippen molar-refractivity contribution in [2.24, 2.45) is 0 Å². The highest BCUT2D eigenvalue weighted by Crippen LogP contribution is 2.31. The Kier molecular flexibility index (Phi) is 3.61. The molecule has 0 bridgehead atoms. The number of rotatable bonds is 2. The summed E-state index contributed by atoms with van der Waals surface area (Å²) in [6.07, 6.45) is 0.897. The standard InChI is InChI=1S/C11H13ClN2OS/c12-11-9(2-1-3-10(11)16)14-6-4-13(8-15)5-7-14/h1-3,8,16H,4-7H2. The largest absolute Gasteiger partial charge is 0.367 e. The van der Waals surface area contributed by atoms with Gasteiger partial charge in [-0.05, 0) is 12.1 Å². The average molecular weight is 257 g/mol. The van der Waals surface area contributed by atoms with Crippen LogP contribution in [0.25, 0.3) is 0 Å². The molecule has 1 aliphatic heterocycles. The molecule has 0 spiro atoms. The summed E-state index contributed by atoms with van der Waals surface area (Å²) >= 11 is 10.5. The Morgan fingerprint density at radius 1 is 1.25 bits per heavy atom. The molecule has 1 heterocycles. The fourth-order valence-corrected chi connectivity index (χ4v) is 2.27. The van der Waals surface area contributed by atoms with Crippen molar-refractivity contribution in [2.45, 2.75) is 4.90 Å². The first kappa shape index (κ1) is 11.6. The Bertz CT molecular complexity index is 392. The minimum atomic E-state index is 0.686. The molecule has 0 aromatic heterocycles. The van der Waals surface area contributed by atoms with Gasteiger partial charge in [-0.25, -0.2) is 0 Å². The van der Waals surface area contributed by atoms with Crippen LogP contribution < -0.4 is 4.90 Å². The summed E-state index contributed by atoms with van der Waals surface area (Å²) in [6, 6.07) is 5.80. The third-order valence-electron chi connectivity index (χ3n) is 2.76. The maximum Gasteiger partial charge on any atom is 0.209 e. The molecule has 1 aromatic carbocycles. The molecule has 3 nitrogen and oxygen atoms in total. The highest BCUT2D eigenvalue weighted by Gasteiger charge is 2.18. The number of anilines is 1. The maximum atomic E-state index is 10.6. The fourth-order valence-electron chi connectivity index (χ4n) is 1.82. The molecular weight excluding hydrogens is 244 g/mol. The highest BCUT2D eigenvalue weighted by atomic mass is 35.5. The molecule has 86 valence electrons. The Labute approximate surface area is 105 Å². The van der Waals surface area contributed by atoms with E-state index in [9.17, 15) is 4.79 Å². The molecule has 1 fully saturated rings. The van der Waals surface area contributed by atoms with E-state index in [4.69, 9.17) is 11.6 Å². The van der Waals surface area contributed by atoms with Gasteiger partial charge in [0.25, 0.3) is 0 Å². The topological polar surface area (TPSA) is 23.6 Å². The second-order valence-corrected chi connectivity index (χ2v) is 4.60. The summed E-state index contributed by atoms with van der Waals surface area (Å²) < 4.78 is 0. The highest BCUT2D eigenvalue weighted by molar-refractivity contribution is 7.80. The number of carbonyl (C=O) groups is 1. The van der Waals surface area contributed by atoms with Crippen LogP contribution in [0.4, 0.5) is 5.69 Å². The predicted octanol–water partition coefficient (Wildman–Crippen LogP) is 1.91. The van der Waals surface area contributed by atoms with E-state index in [2.05, 4.69) is 17.5 Å². The first-order valence-electron chi connectivity index (χ1n) is 5.14. The van der Waals surface area contributed by atoms with Gasteiger partial charge >= 0.3 is 0 Å². The molecule has 0 aliphatic carbocycles. The zero-order chi connectivity index (χ0) is 11.5. The first-order valence-corrected chi connectivity index (χ1v) is 5.96. The van der Waals surface area contributed by atoms with E-state index in [-0.39, 0.29) is 0 Å². The Balaban J connectivity index is 2.14. The van der Waals surface area contributed by atoms with Crippen LogP contribution in [0.15, 0.2) is 23.1 Å². The number of amides is 1. The molecular formula is C11H13ClN2OS. The van der Waals surface area contributed by atoms with Crippen LogP contribution in [0, 0.1) is 0 Å². The molecule has 0 N–H and O–H groups in total. The smallest absolute Gasteiger partial charge is 0.209 e. The van der Waals surface area contributed by atoms with Crippen molar-refractivity contribution in [2.75, 3.05) is 31.1 Å². The minimum Gasteiger partial charge on any atom is -0.367 e. The normalized spacial score (nSPS) is 16.4.